The average molecular weight is 275 g/mol. The van der Waals surface area contributed by atoms with Crippen LogP contribution in [0.3, 0.4) is 0 Å². The lowest BCUT2D eigenvalue weighted by molar-refractivity contribution is -0.118. The van der Waals surface area contributed by atoms with Crippen LogP contribution in [0.1, 0.15) is 18.2 Å². The van der Waals surface area contributed by atoms with Gasteiger partial charge in [0.05, 0.1) is 12.1 Å². The van der Waals surface area contributed by atoms with Gasteiger partial charge in [0.15, 0.2) is 5.13 Å². The molecule has 0 bridgehead atoms. The number of nitrogen functional groups attached to an aromatic ring is 1. The Morgan fingerprint density at radius 3 is 2.84 bits per heavy atom. The molecule has 1 aromatic heterocycles. The van der Waals surface area contributed by atoms with Gasteiger partial charge >= 0.3 is 0 Å². The van der Waals surface area contributed by atoms with Crippen molar-refractivity contribution in [2.45, 2.75) is 20.3 Å². The van der Waals surface area contributed by atoms with Crippen molar-refractivity contribution >= 4 is 28.1 Å². The minimum atomic E-state index is 0.0402. The predicted octanol–water partition coefficient (Wildman–Crippen LogP) is 2.63. The highest BCUT2D eigenvalue weighted by atomic mass is 32.1. The maximum Gasteiger partial charge on any atom is 0.233 e. The monoisotopic (exact) mass is 275 g/mol. The van der Waals surface area contributed by atoms with Crippen LogP contribution in [0.4, 0.5) is 10.8 Å². The van der Waals surface area contributed by atoms with E-state index in [9.17, 15) is 4.79 Å². The number of nitrogens with zero attached hydrogens (tertiary/aromatic N) is 2. The number of aryl methyl sites for hydroxylation is 1. The molecule has 5 heteroatoms. The van der Waals surface area contributed by atoms with Crippen LogP contribution in [0.25, 0.3) is 0 Å². The molecule has 0 aliphatic rings. The second-order valence-corrected chi connectivity index (χ2v) is 5.22. The Hall–Kier alpha value is -1.88. The van der Waals surface area contributed by atoms with Gasteiger partial charge in [0.1, 0.15) is 0 Å². The van der Waals surface area contributed by atoms with Gasteiger partial charge in [0.2, 0.25) is 5.91 Å². The summed E-state index contributed by atoms with van der Waals surface area (Å²) in [4.78, 5) is 18.2. The first-order valence-corrected chi connectivity index (χ1v) is 7.05. The quantitative estimate of drug-likeness (QED) is 0.933. The van der Waals surface area contributed by atoms with E-state index in [2.05, 4.69) is 4.98 Å². The zero-order valence-electron chi connectivity index (χ0n) is 11.1. The number of anilines is 2. The van der Waals surface area contributed by atoms with Gasteiger partial charge in [-0.25, -0.2) is 4.98 Å². The molecule has 0 saturated heterocycles. The molecule has 0 spiro atoms. The number of hydrogen-bond acceptors (Lipinski definition) is 4. The first kappa shape index (κ1) is 13.5. The van der Waals surface area contributed by atoms with Crippen LogP contribution in [-0.4, -0.2) is 17.4 Å². The summed E-state index contributed by atoms with van der Waals surface area (Å²) in [6, 6.07) is 7.94. The third-order valence-corrected chi connectivity index (χ3v) is 3.56. The molecule has 0 saturated carbocycles. The lowest BCUT2D eigenvalue weighted by Crippen LogP contribution is -2.32. The first-order valence-electron chi connectivity index (χ1n) is 6.17. The summed E-state index contributed by atoms with van der Waals surface area (Å²) < 4.78 is 0. The molecular weight excluding hydrogens is 258 g/mol. The van der Waals surface area contributed by atoms with E-state index in [-0.39, 0.29) is 12.3 Å². The molecule has 100 valence electrons. The zero-order chi connectivity index (χ0) is 13.8. The highest BCUT2D eigenvalue weighted by Gasteiger charge is 2.15. The van der Waals surface area contributed by atoms with Crippen LogP contribution in [-0.2, 0) is 11.2 Å². The predicted molar refractivity (Wildman–Crippen MR) is 79.4 cm³/mol. The van der Waals surface area contributed by atoms with Crippen LogP contribution >= 0.6 is 11.3 Å². The van der Waals surface area contributed by atoms with Gasteiger partial charge < -0.3 is 10.6 Å². The number of nitrogens with two attached hydrogens (primary N) is 1. The Balaban J connectivity index is 2.15. The fourth-order valence-corrected chi connectivity index (χ4v) is 2.52. The maximum atomic E-state index is 12.3. The van der Waals surface area contributed by atoms with E-state index in [4.69, 9.17) is 5.73 Å². The van der Waals surface area contributed by atoms with Crippen molar-refractivity contribution in [1.82, 2.24) is 4.98 Å². The number of carbonyl (C=O) groups excluding carboxylic acids is 1. The maximum absolute atomic E-state index is 12.3. The topological polar surface area (TPSA) is 59.2 Å². The summed E-state index contributed by atoms with van der Waals surface area (Å²) in [5.41, 5.74) is 8.38. The molecule has 0 aliphatic heterocycles. The summed E-state index contributed by atoms with van der Waals surface area (Å²) >= 11 is 1.36. The van der Waals surface area contributed by atoms with Crippen molar-refractivity contribution in [2.24, 2.45) is 0 Å². The zero-order valence-corrected chi connectivity index (χ0v) is 11.9. The van der Waals surface area contributed by atoms with Crippen LogP contribution < -0.4 is 10.6 Å². The van der Waals surface area contributed by atoms with Crippen molar-refractivity contribution in [2.75, 3.05) is 17.2 Å². The molecule has 1 amide bonds. The van der Waals surface area contributed by atoms with E-state index in [0.29, 0.717) is 11.7 Å². The molecular formula is C14H17N3OS. The number of hydrogen-bond donors (Lipinski definition) is 1. The summed E-state index contributed by atoms with van der Waals surface area (Å²) in [6.07, 6.45) is 0.287. The van der Waals surface area contributed by atoms with Gasteiger partial charge in [0.25, 0.3) is 0 Å². The molecule has 2 N–H and O–H groups in total. The second-order valence-electron chi connectivity index (χ2n) is 4.33. The van der Waals surface area contributed by atoms with Gasteiger partial charge in [-0.3, -0.25) is 4.79 Å². The molecule has 2 rings (SSSR count). The van der Waals surface area contributed by atoms with Crippen molar-refractivity contribution in [1.29, 1.82) is 0 Å². The third-order valence-electron chi connectivity index (χ3n) is 2.83. The highest BCUT2D eigenvalue weighted by Crippen LogP contribution is 2.18. The molecule has 0 aliphatic carbocycles. The van der Waals surface area contributed by atoms with Crippen molar-refractivity contribution in [3.05, 3.63) is 40.9 Å². The lowest BCUT2D eigenvalue weighted by Gasteiger charge is -2.21. The molecule has 0 radical (unpaired) electrons. The SMILES string of the molecule is CCN(C(=O)Cc1csc(N)n1)c1cccc(C)c1. The standard InChI is InChI=1S/C14H17N3OS/c1-3-17(12-6-4-5-10(2)7-12)13(18)8-11-9-19-14(15)16-11/h4-7,9H,3,8H2,1-2H3,(H2,15,16). The van der Waals surface area contributed by atoms with Gasteiger partial charge in [-0.15, -0.1) is 11.3 Å². The van der Waals surface area contributed by atoms with Crippen molar-refractivity contribution in [3.8, 4) is 0 Å². The Labute approximate surface area is 116 Å². The van der Waals surface area contributed by atoms with E-state index in [1.54, 1.807) is 4.90 Å². The third kappa shape index (κ3) is 3.32. The van der Waals surface area contributed by atoms with Crippen molar-refractivity contribution < 1.29 is 4.79 Å². The average Bonchev–Trinajstić information content (AvgIpc) is 2.75. The summed E-state index contributed by atoms with van der Waals surface area (Å²) in [5.74, 6) is 0.0402. The molecule has 4 nitrogen and oxygen atoms in total. The molecule has 0 fully saturated rings. The molecule has 1 heterocycles. The minimum Gasteiger partial charge on any atom is -0.375 e. The number of benzene rings is 1. The van der Waals surface area contributed by atoms with E-state index in [1.807, 2.05) is 43.5 Å². The van der Waals surface area contributed by atoms with Crippen LogP contribution in [0, 0.1) is 6.92 Å². The van der Waals surface area contributed by atoms with Crippen LogP contribution in [0.5, 0.6) is 0 Å². The Morgan fingerprint density at radius 2 is 2.26 bits per heavy atom. The number of rotatable bonds is 4. The molecule has 0 atom stereocenters. The van der Waals surface area contributed by atoms with Crippen LogP contribution in [0.15, 0.2) is 29.6 Å². The van der Waals surface area contributed by atoms with E-state index >= 15 is 0 Å². The number of amides is 1. The highest BCUT2D eigenvalue weighted by molar-refractivity contribution is 7.13. The number of aromatic nitrogens is 1. The molecule has 0 unspecified atom stereocenters. The summed E-state index contributed by atoms with van der Waals surface area (Å²) in [6.45, 7) is 4.63. The normalized spacial score (nSPS) is 10.4. The van der Waals surface area contributed by atoms with Crippen LogP contribution in [0.2, 0.25) is 0 Å². The Morgan fingerprint density at radius 1 is 1.47 bits per heavy atom. The van der Waals surface area contributed by atoms with Gasteiger partial charge in [-0.05, 0) is 31.5 Å². The first-order chi connectivity index (χ1) is 9.10. The Kier molecular flexibility index (Phi) is 4.16. The van der Waals surface area contributed by atoms with E-state index in [1.165, 1.54) is 11.3 Å². The summed E-state index contributed by atoms with van der Waals surface area (Å²) in [7, 11) is 0. The fraction of sp³-hybridized carbons (Fsp3) is 0.286. The fourth-order valence-electron chi connectivity index (χ4n) is 1.95. The number of thiazole rings is 1. The van der Waals surface area contributed by atoms with E-state index < -0.39 is 0 Å². The number of likely N-dealkylation sites (N-methyl/N-ethyl adjacent to an activating group) is 1. The second kappa shape index (κ2) is 5.84. The van der Waals surface area contributed by atoms with Gasteiger partial charge in [-0.1, -0.05) is 12.1 Å². The van der Waals surface area contributed by atoms with Gasteiger partial charge in [-0.2, -0.15) is 0 Å². The van der Waals surface area contributed by atoms with E-state index in [0.717, 1.165) is 16.9 Å². The lowest BCUT2D eigenvalue weighted by atomic mass is 10.2. The summed E-state index contributed by atoms with van der Waals surface area (Å²) in [5, 5.41) is 2.33. The number of carbonyl (C=O) groups is 1. The van der Waals surface area contributed by atoms with Gasteiger partial charge in [0, 0.05) is 17.6 Å². The largest absolute Gasteiger partial charge is 0.375 e. The molecule has 1 aromatic carbocycles. The van der Waals surface area contributed by atoms with Crippen molar-refractivity contribution in [3.63, 3.8) is 0 Å². The smallest absolute Gasteiger partial charge is 0.233 e. The minimum absolute atomic E-state index is 0.0402. The Bertz CT molecular complexity index is 580. The molecule has 2 aromatic rings. The molecule has 19 heavy (non-hydrogen) atoms.